The normalized spacial score (nSPS) is 19.1. The maximum Gasteiger partial charge on any atom is 0.573 e. The molecule has 1 aliphatic heterocycles. The van der Waals surface area contributed by atoms with Crippen molar-refractivity contribution < 1.29 is 26.3 Å². The lowest BCUT2D eigenvalue weighted by Gasteiger charge is -2.13. The van der Waals surface area contributed by atoms with E-state index in [0.717, 1.165) is 12.3 Å². The topological polar surface area (TPSA) is 97.0 Å². The zero-order valence-corrected chi connectivity index (χ0v) is 17.0. The summed E-state index contributed by atoms with van der Waals surface area (Å²) >= 11 is 0. The van der Waals surface area contributed by atoms with Crippen LogP contribution in [0.5, 0.6) is 5.75 Å². The molecule has 1 aromatic rings. The molecule has 0 amide bonds. The summed E-state index contributed by atoms with van der Waals surface area (Å²) in [5, 5.41) is 2.68. The van der Waals surface area contributed by atoms with Gasteiger partial charge in [0, 0.05) is 31.4 Å². The first-order chi connectivity index (χ1) is 11.5. The van der Waals surface area contributed by atoms with Gasteiger partial charge in [-0.25, -0.2) is 12.7 Å². The molecular formula is C14H20F3IN4O3S. The van der Waals surface area contributed by atoms with Crippen LogP contribution in [0, 0.1) is 5.92 Å². The highest BCUT2D eigenvalue weighted by Crippen LogP contribution is 2.25. The predicted molar refractivity (Wildman–Crippen MR) is 103 cm³/mol. The highest BCUT2D eigenvalue weighted by atomic mass is 127. The van der Waals surface area contributed by atoms with Gasteiger partial charge < -0.3 is 15.8 Å². The van der Waals surface area contributed by atoms with Crippen molar-refractivity contribution >= 4 is 45.6 Å². The molecule has 26 heavy (non-hydrogen) atoms. The van der Waals surface area contributed by atoms with Crippen LogP contribution in [0.15, 0.2) is 29.3 Å². The fourth-order valence-electron chi connectivity index (χ4n) is 2.43. The van der Waals surface area contributed by atoms with Crippen LogP contribution in [0.3, 0.4) is 0 Å². The summed E-state index contributed by atoms with van der Waals surface area (Å²) in [6.07, 6.45) is -2.93. The van der Waals surface area contributed by atoms with Crippen LogP contribution in [-0.4, -0.2) is 50.9 Å². The summed E-state index contributed by atoms with van der Waals surface area (Å²) in [7, 11) is -3.21. The highest BCUT2D eigenvalue weighted by Gasteiger charge is 2.31. The van der Waals surface area contributed by atoms with E-state index in [1.807, 2.05) is 0 Å². The van der Waals surface area contributed by atoms with Crippen LogP contribution in [0.25, 0.3) is 0 Å². The van der Waals surface area contributed by atoms with Crippen LogP contribution >= 0.6 is 24.0 Å². The molecule has 3 N–H and O–H groups in total. The number of nitrogens with zero attached hydrogens (tertiary/aromatic N) is 2. The second kappa shape index (κ2) is 9.08. The van der Waals surface area contributed by atoms with Gasteiger partial charge in [-0.05, 0) is 24.5 Å². The van der Waals surface area contributed by atoms with E-state index in [4.69, 9.17) is 5.73 Å². The molecule has 0 saturated carbocycles. The van der Waals surface area contributed by atoms with Gasteiger partial charge in [-0.2, -0.15) is 0 Å². The molecule has 12 heteroatoms. The molecule has 1 fully saturated rings. The van der Waals surface area contributed by atoms with Gasteiger partial charge in [0.2, 0.25) is 10.0 Å². The molecule has 0 aromatic heterocycles. The second-order valence-electron chi connectivity index (χ2n) is 5.70. The monoisotopic (exact) mass is 508 g/mol. The number of benzene rings is 1. The van der Waals surface area contributed by atoms with Crippen molar-refractivity contribution in [3.05, 3.63) is 24.3 Å². The number of aliphatic imine (C=N–C) groups is 1. The smallest absolute Gasteiger partial charge is 0.406 e. The van der Waals surface area contributed by atoms with E-state index in [1.54, 1.807) is 0 Å². The number of ether oxygens (including phenoxy) is 1. The van der Waals surface area contributed by atoms with Crippen molar-refractivity contribution in [1.82, 2.24) is 4.31 Å². The zero-order chi connectivity index (χ0) is 18.7. The Morgan fingerprint density at radius 2 is 2.15 bits per heavy atom. The molecule has 0 bridgehead atoms. The van der Waals surface area contributed by atoms with Gasteiger partial charge in [-0.3, -0.25) is 4.99 Å². The number of halogens is 4. The summed E-state index contributed by atoms with van der Waals surface area (Å²) in [6, 6.07) is 5.23. The van der Waals surface area contributed by atoms with Crippen molar-refractivity contribution in [2.75, 3.05) is 31.2 Å². The Labute approximate surface area is 166 Å². The molecule has 7 nitrogen and oxygen atoms in total. The number of nitrogens with two attached hydrogens (primary N) is 1. The van der Waals surface area contributed by atoms with Gasteiger partial charge in [-0.1, -0.05) is 6.07 Å². The molecule has 148 valence electrons. The average molecular weight is 508 g/mol. The molecule has 1 heterocycles. The number of alkyl halides is 3. The summed E-state index contributed by atoms with van der Waals surface area (Å²) in [4.78, 5) is 4.12. The SMILES string of the molecule is CS(=O)(=O)N1CCC(CN=C(N)Nc2cccc(OC(F)(F)F)c2)C1.I. The van der Waals surface area contributed by atoms with E-state index < -0.39 is 16.4 Å². The standard InChI is InChI=1S/C14H19F3N4O3S.HI/c1-25(22,23)21-6-5-10(9-21)8-19-13(18)20-11-3-2-4-12(7-11)24-14(15,16)17;/h2-4,7,10H,5-6,8-9H2,1H3,(H3,18,19,20);1H. The Hall–Kier alpha value is -1.28. The first-order valence-electron chi connectivity index (χ1n) is 7.41. The predicted octanol–water partition coefficient (Wildman–Crippen LogP) is 2.21. The first kappa shape index (κ1) is 22.8. The van der Waals surface area contributed by atoms with Crippen molar-refractivity contribution in [3.63, 3.8) is 0 Å². The molecule has 1 saturated heterocycles. The maximum absolute atomic E-state index is 12.2. The maximum atomic E-state index is 12.2. The first-order valence-corrected chi connectivity index (χ1v) is 9.25. The number of guanidine groups is 1. The summed E-state index contributed by atoms with van der Waals surface area (Å²) in [5.41, 5.74) is 6.02. The van der Waals surface area contributed by atoms with Crippen LogP contribution in [-0.2, 0) is 10.0 Å². The lowest BCUT2D eigenvalue weighted by molar-refractivity contribution is -0.274. The van der Waals surface area contributed by atoms with Crippen molar-refractivity contribution in [3.8, 4) is 5.75 Å². The number of anilines is 1. The number of sulfonamides is 1. The van der Waals surface area contributed by atoms with E-state index in [-0.39, 0.29) is 41.6 Å². The van der Waals surface area contributed by atoms with E-state index in [9.17, 15) is 21.6 Å². The third-order valence-corrected chi connectivity index (χ3v) is 4.85. The van der Waals surface area contributed by atoms with Crippen molar-refractivity contribution in [1.29, 1.82) is 0 Å². The van der Waals surface area contributed by atoms with Crippen molar-refractivity contribution in [2.24, 2.45) is 16.6 Å². The number of hydrogen-bond acceptors (Lipinski definition) is 4. The largest absolute Gasteiger partial charge is 0.573 e. The molecule has 1 aromatic carbocycles. The average Bonchev–Trinajstić information content (AvgIpc) is 2.92. The van der Waals surface area contributed by atoms with Crippen LogP contribution in [0.4, 0.5) is 18.9 Å². The quantitative estimate of drug-likeness (QED) is 0.361. The van der Waals surface area contributed by atoms with Gasteiger partial charge in [-0.15, -0.1) is 37.1 Å². The summed E-state index contributed by atoms with van der Waals surface area (Å²) in [6.45, 7) is 1.15. The number of rotatable bonds is 5. The van der Waals surface area contributed by atoms with Gasteiger partial charge in [0.05, 0.1) is 6.26 Å². The third kappa shape index (κ3) is 7.53. The van der Waals surface area contributed by atoms with Crippen LogP contribution in [0.2, 0.25) is 0 Å². The molecular weight excluding hydrogens is 488 g/mol. The Morgan fingerprint density at radius 1 is 1.46 bits per heavy atom. The van der Waals surface area contributed by atoms with Crippen LogP contribution in [0.1, 0.15) is 6.42 Å². The Morgan fingerprint density at radius 3 is 2.73 bits per heavy atom. The highest BCUT2D eigenvalue weighted by molar-refractivity contribution is 14.0. The number of nitrogens with one attached hydrogen (secondary N) is 1. The van der Waals surface area contributed by atoms with Crippen LogP contribution < -0.4 is 15.8 Å². The molecule has 1 atom stereocenters. The minimum absolute atomic E-state index is 0. The Bertz CT molecular complexity index is 743. The molecule has 0 aliphatic carbocycles. The zero-order valence-electron chi connectivity index (χ0n) is 13.9. The molecule has 0 radical (unpaired) electrons. The van der Waals surface area contributed by atoms with Gasteiger partial charge >= 0.3 is 6.36 Å². The Kier molecular flexibility index (Phi) is 7.95. The lowest BCUT2D eigenvalue weighted by atomic mass is 10.1. The fourth-order valence-corrected chi connectivity index (χ4v) is 3.35. The van der Waals surface area contributed by atoms with Gasteiger partial charge in [0.1, 0.15) is 5.75 Å². The summed E-state index contributed by atoms with van der Waals surface area (Å²) in [5.74, 6) is -0.290. The molecule has 2 rings (SSSR count). The molecule has 0 spiro atoms. The van der Waals surface area contributed by atoms with Gasteiger partial charge in [0.15, 0.2) is 5.96 Å². The minimum atomic E-state index is -4.77. The third-order valence-electron chi connectivity index (χ3n) is 3.58. The van der Waals surface area contributed by atoms with Crippen molar-refractivity contribution in [2.45, 2.75) is 12.8 Å². The van der Waals surface area contributed by atoms with E-state index in [2.05, 4.69) is 15.0 Å². The number of hydrogen-bond donors (Lipinski definition) is 2. The molecule has 1 unspecified atom stereocenters. The fraction of sp³-hybridized carbons (Fsp3) is 0.500. The van der Waals surface area contributed by atoms with E-state index >= 15 is 0 Å². The lowest BCUT2D eigenvalue weighted by Crippen LogP contribution is -2.28. The minimum Gasteiger partial charge on any atom is -0.406 e. The Balaban J connectivity index is 0.00000338. The second-order valence-corrected chi connectivity index (χ2v) is 7.68. The summed E-state index contributed by atoms with van der Waals surface area (Å²) < 4.78 is 64.7. The van der Waals surface area contributed by atoms with Gasteiger partial charge in [0.25, 0.3) is 0 Å². The molecule has 1 aliphatic rings. The van der Waals surface area contributed by atoms with E-state index in [0.29, 0.717) is 31.7 Å². The van der Waals surface area contributed by atoms with E-state index in [1.165, 1.54) is 22.5 Å².